The van der Waals surface area contributed by atoms with Gasteiger partial charge in [0.1, 0.15) is 10.8 Å². The van der Waals surface area contributed by atoms with Gasteiger partial charge in [0.25, 0.3) is 5.56 Å². The maximum Gasteiger partial charge on any atom is 0.291 e. The highest BCUT2D eigenvalue weighted by Crippen LogP contribution is 2.25. The van der Waals surface area contributed by atoms with E-state index >= 15 is 0 Å². The first-order valence-electron chi connectivity index (χ1n) is 7.06. The SMILES string of the molecule is O=c1c(Cl)c(Cl)cnn1-c1ccc(NCCc2ccco2)c(Cl)c1. The third-order valence-electron chi connectivity index (χ3n) is 3.34. The zero-order valence-corrected chi connectivity index (χ0v) is 14.6. The maximum absolute atomic E-state index is 12.1. The van der Waals surface area contributed by atoms with Gasteiger partial charge in [0.05, 0.1) is 33.9 Å². The minimum Gasteiger partial charge on any atom is -0.469 e. The summed E-state index contributed by atoms with van der Waals surface area (Å²) in [5, 5.41) is 7.69. The molecule has 0 spiro atoms. The largest absolute Gasteiger partial charge is 0.469 e. The van der Waals surface area contributed by atoms with Crippen LogP contribution < -0.4 is 10.9 Å². The molecule has 0 aliphatic rings. The summed E-state index contributed by atoms with van der Waals surface area (Å²) >= 11 is 17.9. The normalized spacial score (nSPS) is 10.8. The van der Waals surface area contributed by atoms with Crippen molar-refractivity contribution in [3.8, 4) is 5.69 Å². The molecule has 0 fully saturated rings. The van der Waals surface area contributed by atoms with E-state index < -0.39 is 5.56 Å². The predicted molar refractivity (Wildman–Crippen MR) is 95.8 cm³/mol. The van der Waals surface area contributed by atoms with Gasteiger partial charge in [0.2, 0.25) is 0 Å². The van der Waals surface area contributed by atoms with Crippen molar-refractivity contribution in [2.24, 2.45) is 0 Å². The van der Waals surface area contributed by atoms with Crippen molar-refractivity contribution in [2.45, 2.75) is 6.42 Å². The summed E-state index contributed by atoms with van der Waals surface area (Å²) in [5.74, 6) is 0.891. The van der Waals surface area contributed by atoms with E-state index in [0.717, 1.165) is 22.6 Å². The molecule has 0 saturated carbocycles. The van der Waals surface area contributed by atoms with Gasteiger partial charge in [-0.15, -0.1) is 0 Å². The maximum atomic E-state index is 12.1. The topological polar surface area (TPSA) is 60.1 Å². The third kappa shape index (κ3) is 3.59. The Hall–Kier alpha value is -1.95. The average molecular weight is 385 g/mol. The molecule has 5 nitrogen and oxygen atoms in total. The van der Waals surface area contributed by atoms with Crippen molar-refractivity contribution in [2.75, 3.05) is 11.9 Å². The molecule has 0 aliphatic heterocycles. The summed E-state index contributed by atoms with van der Waals surface area (Å²) in [6.45, 7) is 0.664. The second-order valence-electron chi connectivity index (χ2n) is 4.94. The van der Waals surface area contributed by atoms with Crippen molar-refractivity contribution >= 4 is 40.5 Å². The van der Waals surface area contributed by atoms with Crippen LogP contribution in [0.15, 0.2) is 52.0 Å². The first-order chi connectivity index (χ1) is 11.6. The molecular weight excluding hydrogens is 373 g/mol. The molecule has 0 radical (unpaired) electrons. The van der Waals surface area contributed by atoms with E-state index in [-0.39, 0.29) is 10.0 Å². The number of furan rings is 1. The van der Waals surface area contributed by atoms with E-state index in [1.807, 2.05) is 12.1 Å². The van der Waals surface area contributed by atoms with Gasteiger partial charge in [-0.2, -0.15) is 9.78 Å². The molecule has 1 N–H and O–H groups in total. The Morgan fingerprint density at radius 2 is 2.00 bits per heavy atom. The van der Waals surface area contributed by atoms with Gasteiger partial charge >= 0.3 is 0 Å². The van der Waals surface area contributed by atoms with Crippen LogP contribution in [0.5, 0.6) is 0 Å². The van der Waals surface area contributed by atoms with Crippen molar-refractivity contribution in [1.82, 2.24) is 9.78 Å². The molecule has 0 aliphatic carbocycles. The fourth-order valence-electron chi connectivity index (χ4n) is 2.15. The summed E-state index contributed by atoms with van der Waals surface area (Å²) in [6.07, 6.45) is 3.69. The summed E-state index contributed by atoms with van der Waals surface area (Å²) in [6, 6.07) is 8.89. The minimum atomic E-state index is -0.501. The lowest BCUT2D eigenvalue weighted by molar-refractivity contribution is 0.513. The highest BCUT2D eigenvalue weighted by Gasteiger charge is 2.10. The summed E-state index contributed by atoms with van der Waals surface area (Å²) < 4.78 is 6.42. The minimum absolute atomic E-state index is 0.0801. The number of nitrogens with zero attached hydrogens (tertiary/aromatic N) is 2. The van der Waals surface area contributed by atoms with Crippen LogP contribution in [0, 0.1) is 0 Å². The van der Waals surface area contributed by atoms with E-state index in [4.69, 9.17) is 39.2 Å². The Labute approximate surface area is 152 Å². The van der Waals surface area contributed by atoms with Crippen LogP contribution in [-0.2, 0) is 6.42 Å². The monoisotopic (exact) mass is 383 g/mol. The Balaban J connectivity index is 1.77. The smallest absolute Gasteiger partial charge is 0.291 e. The quantitative estimate of drug-likeness (QED) is 0.706. The highest BCUT2D eigenvalue weighted by molar-refractivity contribution is 6.41. The number of hydrogen-bond acceptors (Lipinski definition) is 4. The first kappa shape index (κ1) is 16.9. The molecule has 0 saturated heterocycles. The van der Waals surface area contributed by atoms with Crippen molar-refractivity contribution < 1.29 is 4.42 Å². The van der Waals surface area contributed by atoms with Gasteiger partial charge in [-0.3, -0.25) is 4.79 Å². The zero-order valence-electron chi connectivity index (χ0n) is 12.3. The Kier molecular flexibility index (Phi) is 5.14. The lowest BCUT2D eigenvalue weighted by Crippen LogP contribution is -2.21. The van der Waals surface area contributed by atoms with E-state index in [1.54, 1.807) is 24.5 Å². The zero-order chi connectivity index (χ0) is 17.1. The lowest BCUT2D eigenvalue weighted by atomic mass is 10.2. The van der Waals surface area contributed by atoms with Gasteiger partial charge in [-0.1, -0.05) is 34.8 Å². The molecule has 1 aromatic carbocycles. The fraction of sp³-hybridized carbons (Fsp3) is 0.125. The first-order valence-corrected chi connectivity index (χ1v) is 8.19. The van der Waals surface area contributed by atoms with Crippen molar-refractivity contribution in [3.63, 3.8) is 0 Å². The molecule has 8 heteroatoms. The van der Waals surface area contributed by atoms with Crippen LogP contribution in [0.2, 0.25) is 15.1 Å². The van der Waals surface area contributed by atoms with Crippen LogP contribution >= 0.6 is 34.8 Å². The van der Waals surface area contributed by atoms with E-state index in [9.17, 15) is 4.79 Å². The molecular formula is C16H12Cl3N3O2. The number of nitrogens with one attached hydrogen (secondary N) is 1. The molecule has 24 heavy (non-hydrogen) atoms. The number of halogens is 3. The highest BCUT2D eigenvalue weighted by atomic mass is 35.5. The standard InChI is InChI=1S/C16H12Cl3N3O2/c17-12-8-10(22-16(23)15(19)13(18)9-21-22)3-4-14(12)20-6-5-11-2-1-7-24-11/h1-4,7-9,20H,5-6H2. The summed E-state index contributed by atoms with van der Waals surface area (Å²) in [4.78, 5) is 12.1. The Morgan fingerprint density at radius 1 is 1.17 bits per heavy atom. The number of anilines is 1. The molecule has 124 valence electrons. The summed E-state index contributed by atoms with van der Waals surface area (Å²) in [7, 11) is 0. The van der Waals surface area contributed by atoms with Crippen LogP contribution in [0.4, 0.5) is 5.69 Å². The molecule has 0 atom stereocenters. The Bertz CT molecular complexity index is 907. The van der Waals surface area contributed by atoms with Crippen molar-refractivity contribution in [3.05, 3.63) is 74.0 Å². The molecule has 0 bridgehead atoms. The van der Waals surface area contributed by atoms with Gasteiger partial charge in [0, 0.05) is 13.0 Å². The van der Waals surface area contributed by atoms with E-state index in [0.29, 0.717) is 17.3 Å². The molecule has 0 amide bonds. The molecule has 2 heterocycles. The fourth-order valence-corrected chi connectivity index (χ4v) is 2.65. The molecule has 2 aromatic heterocycles. The lowest BCUT2D eigenvalue weighted by Gasteiger charge is -2.10. The Morgan fingerprint density at radius 3 is 2.71 bits per heavy atom. The van der Waals surface area contributed by atoms with E-state index in [1.165, 1.54) is 6.20 Å². The van der Waals surface area contributed by atoms with Crippen LogP contribution in [0.3, 0.4) is 0 Å². The number of benzene rings is 1. The van der Waals surface area contributed by atoms with E-state index in [2.05, 4.69) is 10.4 Å². The number of rotatable bonds is 5. The van der Waals surface area contributed by atoms with Gasteiger partial charge < -0.3 is 9.73 Å². The second kappa shape index (κ2) is 7.30. The summed E-state index contributed by atoms with van der Waals surface area (Å²) in [5.41, 5.74) is 0.749. The number of aromatic nitrogens is 2. The average Bonchev–Trinajstić information content (AvgIpc) is 3.08. The molecule has 3 rings (SSSR count). The van der Waals surface area contributed by atoms with Crippen LogP contribution in [-0.4, -0.2) is 16.3 Å². The molecule has 3 aromatic rings. The predicted octanol–water partition coefficient (Wildman–Crippen LogP) is 4.44. The van der Waals surface area contributed by atoms with Gasteiger partial charge in [-0.05, 0) is 30.3 Å². The van der Waals surface area contributed by atoms with Crippen molar-refractivity contribution in [1.29, 1.82) is 0 Å². The third-order valence-corrected chi connectivity index (χ3v) is 4.40. The van der Waals surface area contributed by atoms with Crippen LogP contribution in [0.25, 0.3) is 5.69 Å². The van der Waals surface area contributed by atoms with Crippen LogP contribution in [0.1, 0.15) is 5.76 Å². The van der Waals surface area contributed by atoms with Gasteiger partial charge in [0.15, 0.2) is 0 Å². The second-order valence-corrected chi connectivity index (χ2v) is 6.14. The van der Waals surface area contributed by atoms with Gasteiger partial charge in [-0.25, -0.2) is 0 Å². The molecule has 0 unspecified atom stereocenters. The number of hydrogen-bond donors (Lipinski definition) is 1.